The highest BCUT2D eigenvalue weighted by Gasteiger charge is 2.10. The third kappa shape index (κ3) is 6.74. The predicted octanol–water partition coefficient (Wildman–Crippen LogP) is 1.78. The second kappa shape index (κ2) is 10.7. The predicted molar refractivity (Wildman–Crippen MR) is 105 cm³/mol. The van der Waals surface area contributed by atoms with E-state index in [1.54, 1.807) is 26.0 Å². The van der Waals surface area contributed by atoms with Gasteiger partial charge in [0.2, 0.25) is 0 Å². The van der Waals surface area contributed by atoms with Gasteiger partial charge in [0.25, 0.3) is 5.91 Å². The Bertz CT molecular complexity index is 549. The fraction of sp³-hybridized carbons (Fsp3) is 0.579. The van der Waals surface area contributed by atoms with Crippen LogP contribution < -0.4 is 10.6 Å². The Labute approximate surface area is 152 Å². The quantitative estimate of drug-likeness (QED) is 0.556. The number of carbonyl (C=O) groups excluding carboxylic acids is 1. The van der Waals surface area contributed by atoms with E-state index < -0.39 is 0 Å². The summed E-state index contributed by atoms with van der Waals surface area (Å²) >= 11 is 0. The second-order valence-corrected chi connectivity index (χ2v) is 6.27. The van der Waals surface area contributed by atoms with E-state index in [-0.39, 0.29) is 5.91 Å². The van der Waals surface area contributed by atoms with Gasteiger partial charge in [-0.15, -0.1) is 0 Å². The number of hydrogen-bond acceptors (Lipinski definition) is 3. The first-order valence-electron chi connectivity index (χ1n) is 8.92. The van der Waals surface area contributed by atoms with Crippen molar-refractivity contribution >= 4 is 11.9 Å². The summed E-state index contributed by atoms with van der Waals surface area (Å²) in [5, 5.41) is 6.68. The molecule has 1 amide bonds. The van der Waals surface area contributed by atoms with E-state index >= 15 is 0 Å². The third-order valence-corrected chi connectivity index (χ3v) is 4.29. The average molecular weight is 348 g/mol. The number of aliphatic imine (C=N–C) groups is 1. The first-order chi connectivity index (χ1) is 11.9. The zero-order chi connectivity index (χ0) is 18.8. The van der Waals surface area contributed by atoms with Crippen molar-refractivity contribution in [3.8, 4) is 0 Å². The highest BCUT2D eigenvalue weighted by Crippen LogP contribution is 2.06. The first-order valence-corrected chi connectivity index (χ1v) is 8.92. The summed E-state index contributed by atoms with van der Waals surface area (Å²) in [6.07, 6.45) is 0. The van der Waals surface area contributed by atoms with Gasteiger partial charge in [-0.05, 0) is 37.7 Å². The van der Waals surface area contributed by atoms with Crippen molar-refractivity contribution in [2.75, 3.05) is 40.8 Å². The van der Waals surface area contributed by atoms with Gasteiger partial charge in [-0.1, -0.05) is 26.0 Å². The number of rotatable bonds is 8. The molecule has 1 atom stereocenters. The molecule has 0 radical (unpaired) electrons. The summed E-state index contributed by atoms with van der Waals surface area (Å²) in [5.74, 6) is 0.801. The van der Waals surface area contributed by atoms with E-state index in [0.717, 1.165) is 31.2 Å². The van der Waals surface area contributed by atoms with Gasteiger partial charge in [0.15, 0.2) is 5.96 Å². The average Bonchev–Trinajstić information content (AvgIpc) is 2.62. The molecule has 0 saturated heterocycles. The molecule has 0 heterocycles. The molecule has 0 bridgehead atoms. The van der Waals surface area contributed by atoms with Crippen LogP contribution in [0.3, 0.4) is 0 Å². The number of hydrogen-bond donors (Lipinski definition) is 2. The largest absolute Gasteiger partial charge is 0.355 e. The van der Waals surface area contributed by atoms with Crippen LogP contribution in [0, 0.1) is 0 Å². The fourth-order valence-electron chi connectivity index (χ4n) is 2.65. The van der Waals surface area contributed by atoms with Crippen LogP contribution in [0.25, 0.3) is 0 Å². The lowest BCUT2D eigenvalue weighted by molar-refractivity contribution is 0.0827. The SMILES string of the molecule is CCN(CC)C(C)CNC(=NC)NCc1ccc(C(=O)N(C)C)cc1. The Hall–Kier alpha value is -2.08. The lowest BCUT2D eigenvalue weighted by atomic mass is 10.1. The van der Waals surface area contributed by atoms with Crippen LogP contribution in [0.2, 0.25) is 0 Å². The monoisotopic (exact) mass is 347 g/mol. The molecule has 0 fully saturated rings. The van der Waals surface area contributed by atoms with Gasteiger partial charge in [0.1, 0.15) is 0 Å². The molecule has 1 rings (SSSR count). The molecule has 0 saturated carbocycles. The van der Waals surface area contributed by atoms with Gasteiger partial charge < -0.3 is 15.5 Å². The van der Waals surface area contributed by atoms with E-state index in [0.29, 0.717) is 18.2 Å². The molecule has 0 aliphatic rings. The zero-order valence-electron chi connectivity index (χ0n) is 16.5. The van der Waals surface area contributed by atoms with Crippen molar-refractivity contribution in [3.05, 3.63) is 35.4 Å². The maximum Gasteiger partial charge on any atom is 0.253 e. The minimum Gasteiger partial charge on any atom is -0.355 e. The van der Waals surface area contributed by atoms with Gasteiger partial charge in [-0.3, -0.25) is 14.7 Å². The number of nitrogens with one attached hydrogen (secondary N) is 2. The topological polar surface area (TPSA) is 60.0 Å². The maximum atomic E-state index is 11.9. The highest BCUT2D eigenvalue weighted by atomic mass is 16.2. The Morgan fingerprint density at radius 1 is 1.12 bits per heavy atom. The van der Waals surface area contributed by atoms with E-state index in [1.165, 1.54) is 0 Å². The maximum absolute atomic E-state index is 11.9. The van der Waals surface area contributed by atoms with Crippen molar-refractivity contribution in [1.29, 1.82) is 0 Å². The molecule has 0 spiro atoms. The molecule has 6 heteroatoms. The molecule has 0 aliphatic heterocycles. The lowest BCUT2D eigenvalue weighted by Crippen LogP contribution is -2.45. The van der Waals surface area contributed by atoms with Crippen molar-refractivity contribution in [3.63, 3.8) is 0 Å². The second-order valence-electron chi connectivity index (χ2n) is 6.27. The van der Waals surface area contributed by atoms with E-state index in [1.807, 2.05) is 24.3 Å². The van der Waals surface area contributed by atoms with Gasteiger partial charge >= 0.3 is 0 Å². The lowest BCUT2D eigenvalue weighted by Gasteiger charge is -2.27. The molecular weight excluding hydrogens is 314 g/mol. The summed E-state index contributed by atoms with van der Waals surface area (Å²) in [6, 6.07) is 8.10. The van der Waals surface area contributed by atoms with Crippen LogP contribution in [0.15, 0.2) is 29.3 Å². The van der Waals surface area contributed by atoms with Crippen molar-refractivity contribution < 1.29 is 4.79 Å². The molecule has 6 nitrogen and oxygen atoms in total. The number of carbonyl (C=O) groups is 1. The first kappa shape index (κ1) is 21.0. The van der Waals surface area contributed by atoms with Crippen molar-refractivity contribution in [2.24, 2.45) is 4.99 Å². The van der Waals surface area contributed by atoms with Crippen molar-refractivity contribution in [2.45, 2.75) is 33.4 Å². The van der Waals surface area contributed by atoms with Crippen LogP contribution in [0.4, 0.5) is 0 Å². The molecule has 1 unspecified atom stereocenters. The van der Waals surface area contributed by atoms with Crippen LogP contribution in [-0.4, -0.2) is 68.5 Å². The summed E-state index contributed by atoms with van der Waals surface area (Å²) < 4.78 is 0. The molecule has 0 aliphatic carbocycles. The Balaban J connectivity index is 2.51. The summed E-state index contributed by atoms with van der Waals surface area (Å²) in [4.78, 5) is 20.2. The Morgan fingerprint density at radius 3 is 2.20 bits per heavy atom. The number of amides is 1. The van der Waals surface area contributed by atoms with Gasteiger partial charge in [-0.2, -0.15) is 0 Å². The third-order valence-electron chi connectivity index (χ3n) is 4.29. The Kier molecular flexibility index (Phi) is 8.99. The zero-order valence-corrected chi connectivity index (χ0v) is 16.5. The summed E-state index contributed by atoms with van der Waals surface area (Å²) in [5.41, 5.74) is 1.80. The van der Waals surface area contributed by atoms with Crippen LogP contribution in [0.1, 0.15) is 36.7 Å². The normalized spacial score (nSPS) is 12.8. The number of benzene rings is 1. The standard InChI is InChI=1S/C19H33N5O/c1-7-24(8-2)15(3)13-21-19(20-4)22-14-16-9-11-17(12-10-16)18(25)23(5)6/h9-12,15H,7-8,13-14H2,1-6H3,(H2,20,21,22). The van der Waals surface area contributed by atoms with Crippen molar-refractivity contribution in [1.82, 2.24) is 20.4 Å². The van der Waals surface area contributed by atoms with E-state index in [4.69, 9.17) is 0 Å². The van der Waals surface area contributed by atoms with E-state index in [2.05, 4.69) is 41.3 Å². The molecule has 140 valence electrons. The molecule has 0 aromatic heterocycles. The van der Waals surface area contributed by atoms with Crippen LogP contribution in [-0.2, 0) is 6.54 Å². The smallest absolute Gasteiger partial charge is 0.253 e. The van der Waals surface area contributed by atoms with Gasteiger partial charge in [0.05, 0.1) is 0 Å². The highest BCUT2D eigenvalue weighted by molar-refractivity contribution is 5.93. The summed E-state index contributed by atoms with van der Waals surface area (Å²) in [6.45, 7) is 10.2. The molecular formula is C19H33N5O. The molecule has 2 N–H and O–H groups in total. The fourth-order valence-corrected chi connectivity index (χ4v) is 2.65. The number of nitrogens with zero attached hydrogens (tertiary/aromatic N) is 3. The molecule has 1 aromatic carbocycles. The Morgan fingerprint density at radius 2 is 1.72 bits per heavy atom. The number of likely N-dealkylation sites (N-methyl/N-ethyl adjacent to an activating group) is 1. The van der Waals surface area contributed by atoms with E-state index in [9.17, 15) is 4.79 Å². The minimum atomic E-state index is 0.0161. The molecule has 1 aromatic rings. The van der Waals surface area contributed by atoms with Gasteiger partial charge in [0, 0.05) is 45.8 Å². The molecule has 25 heavy (non-hydrogen) atoms. The van der Waals surface area contributed by atoms with Crippen LogP contribution >= 0.6 is 0 Å². The number of guanidine groups is 1. The van der Waals surface area contributed by atoms with Crippen LogP contribution in [0.5, 0.6) is 0 Å². The minimum absolute atomic E-state index is 0.0161. The summed E-state index contributed by atoms with van der Waals surface area (Å²) in [7, 11) is 5.29. The van der Waals surface area contributed by atoms with Gasteiger partial charge in [-0.25, -0.2) is 0 Å².